The smallest absolute Gasteiger partial charge is 0.352 e. The quantitative estimate of drug-likeness (QED) is 0.583. The van der Waals surface area contributed by atoms with Crippen LogP contribution in [0.2, 0.25) is 10.0 Å². The molecule has 0 saturated heterocycles. The standard InChI is InChI=1S/C19H12Cl2FNO4/c1-26-19(25)17(13-3-2-12(20)8-15(13)21)27-18(24)14-6-11-9-23-5-4-10(11)7-16(14)22/h2-9,17H,1H3. The third-order valence-electron chi connectivity index (χ3n) is 3.83. The largest absolute Gasteiger partial charge is 0.466 e. The number of ether oxygens (including phenoxy) is 2. The molecule has 0 fully saturated rings. The Morgan fingerprint density at radius 3 is 2.59 bits per heavy atom. The van der Waals surface area contributed by atoms with Crippen LogP contribution in [-0.4, -0.2) is 24.0 Å². The van der Waals surface area contributed by atoms with Crippen LogP contribution >= 0.6 is 23.2 Å². The van der Waals surface area contributed by atoms with Gasteiger partial charge in [-0.15, -0.1) is 0 Å². The second-order valence-corrected chi connectivity index (χ2v) is 6.37. The first-order valence-electron chi connectivity index (χ1n) is 7.67. The van der Waals surface area contributed by atoms with E-state index in [-0.39, 0.29) is 16.1 Å². The Hall–Kier alpha value is -2.70. The normalized spacial score (nSPS) is 11.9. The summed E-state index contributed by atoms with van der Waals surface area (Å²) in [6.07, 6.45) is 1.52. The number of benzene rings is 2. The second kappa shape index (κ2) is 7.90. The first-order chi connectivity index (χ1) is 12.9. The Labute approximate surface area is 163 Å². The first-order valence-corrected chi connectivity index (χ1v) is 8.43. The van der Waals surface area contributed by atoms with Crippen molar-refractivity contribution in [3.63, 3.8) is 0 Å². The van der Waals surface area contributed by atoms with Crippen molar-refractivity contribution in [2.24, 2.45) is 0 Å². The van der Waals surface area contributed by atoms with E-state index in [1.54, 1.807) is 6.07 Å². The molecule has 0 spiro atoms. The summed E-state index contributed by atoms with van der Waals surface area (Å²) in [5.41, 5.74) is -0.168. The minimum absolute atomic E-state index is 0.105. The molecule has 1 unspecified atom stereocenters. The number of carbonyl (C=O) groups is 2. The van der Waals surface area contributed by atoms with Gasteiger partial charge in [0, 0.05) is 33.4 Å². The van der Waals surface area contributed by atoms with Gasteiger partial charge >= 0.3 is 11.9 Å². The SMILES string of the molecule is COC(=O)C(OC(=O)c1cc2cnccc2cc1F)c1ccc(Cl)cc1Cl. The fourth-order valence-corrected chi connectivity index (χ4v) is 3.00. The molecule has 138 valence electrons. The predicted octanol–water partition coefficient (Wildman–Crippen LogP) is 4.75. The zero-order chi connectivity index (χ0) is 19.6. The number of aromatic nitrogens is 1. The molecule has 0 saturated carbocycles. The lowest BCUT2D eigenvalue weighted by molar-refractivity contribution is -0.151. The number of methoxy groups -OCH3 is 1. The fourth-order valence-electron chi connectivity index (χ4n) is 2.49. The van der Waals surface area contributed by atoms with E-state index in [1.807, 2.05) is 0 Å². The Morgan fingerprint density at radius 2 is 1.89 bits per heavy atom. The average Bonchev–Trinajstić information content (AvgIpc) is 2.65. The Balaban J connectivity index is 1.97. The van der Waals surface area contributed by atoms with Crippen molar-refractivity contribution in [2.75, 3.05) is 7.11 Å². The van der Waals surface area contributed by atoms with Crippen LogP contribution in [-0.2, 0) is 14.3 Å². The predicted molar refractivity (Wildman–Crippen MR) is 98.3 cm³/mol. The third kappa shape index (κ3) is 4.02. The van der Waals surface area contributed by atoms with Crippen LogP contribution in [0.25, 0.3) is 10.8 Å². The first kappa shape index (κ1) is 19.1. The van der Waals surface area contributed by atoms with Gasteiger partial charge in [-0.2, -0.15) is 0 Å². The molecular weight excluding hydrogens is 396 g/mol. The maximum atomic E-state index is 14.4. The van der Waals surface area contributed by atoms with Crippen LogP contribution in [0.3, 0.4) is 0 Å². The number of pyridine rings is 1. The molecule has 1 atom stereocenters. The third-order valence-corrected chi connectivity index (χ3v) is 4.39. The molecule has 1 heterocycles. The van der Waals surface area contributed by atoms with Crippen LogP contribution < -0.4 is 0 Å². The molecule has 0 aliphatic carbocycles. The molecule has 5 nitrogen and oxygen atoms in total. The van der Waals surface area contributed by atoms with Gasteiger partial charge in [-0.3, -0.25) is 4.98 Å². The molecule has 0 bridgehead atoms. The zero-order valence-electron chi connectivity index (χ0n) is 13.9. The highest BCUT2D eigenvalue weighted by molar-refractivity contribution is 6.35. The van der Waals surface area contributed by atoms with Crippen molar-refractivity contribution in [3.05, 3.63) is 75.8 Å². The van der Waals surface area contributed by atoms with Crippen molar-refractivity contribution in [3.8, 4) is 0 Å². The number of esters is 2. The summed E-state index contributed by atoms with van der Waals surface area (Å²) in [7, 11) is 1.13. The monoisotopic (exact) mass is 407 g/mol. The van der Waals surface area contributed by atoms with Crippen molar-refractivity contribution in [1.82, 2.24) is 4.98 Å². The molecule has 8 heteroatoms. The zero-order valence-corrected chi connectivity index (χ0v) is 15.4. The van der Waals surface area contributed by atoms with Gasteiger partial charge in [-0.1, -0.05) is 29.3 Å². The van der Waals surface area contributed by atoms with E-state index < -0.39 is 23.9 Å². The van der Waals surface area contributed by atoms with Crippen LogP contribution in [0.5, 0.6) is 0 Å². The molecule has 0 radical (unpaired) electrons. The molecule has 0 N–H and O–H groups in total. The summed E-state index contributed by atoms with van der Waals surface area (Å²) in [5, 5.41) is 1.56. The van der Waals surface area contributed by atoms with E-state index >= 15 is 0 Å². The van der Waals surface area contributed by atoms with Gasteiger partial charge in [-0.05, 0) is 35.7 Å². The average molecular weight is 408 g/mol. The molecule has 2 aromatic carbocycles. The number of nitrogens with zero attached hydrogens (tertiary/aromatic N) is 1. The Bertz CT molecular complexity index is 1040. The van der Waals surface area contributed by atoms with Gasteiger partial charge in [0.05, 0.1) is 12.7 Å². The summed E-state index contributed by atoms with van der Waals surface area (Å²) < 4.78 is 24.3. The van der Waals surface area contributed by atoms with Gasteiger partial charge in [0.2, 0.25) is 6.10 Å². The lowest BCUT2D eigenvalue weighted by Crippen LogP contribution is -2.22. The number of hydrogen-bond donors (Lipinski definition) is 0. The van der Waals surface area contributed by atoms with Crippen molar-refractivity contribution >= 4 is 45.9 Å². The molecule has 3 aromatic rings. The number of hydrogen-bond acceptors (Lipinski definition) is 5. The summed E-state index contributed by atoms with van der Waals surface area (Å²) in [6, 6.07) is 8.41. The summed E-state index contributed by atoms with van der Waals surface area (Å²) in [5.74, 6) is -2.69. The Morgan fingerprint density at radius 1 is 1.11 bits per heavy atom. The summed E-state index contributed by atoms with van der Waals surface area (Å²) in [6.45, 7) is 0. The van der Waals surface area contributed by atoms with Gasteiger partial charge < -0.3 is 9.47 Å². The number of carbonyl (C=O) groups excluding carboxylic acids is 2. The van der Waals surface area contributed by atoms with E-state index in [4.69, 9.17) is 27.9 Å². The van der Waals surface area contributed by atoms with Crippen molar-refractivity contribution in [1.29, 1.82) is 0 Å². The van der Waals surface area contributed by atoms with Gasteiger partial charge in [-0.25, -0.2) is 14.0 Å². The lowest BCUT2D eigenvalue weighted by atomic mass is 10.1. The van der Waals surface area contributed by atoms with Crippen LogP contribution in [0.1, 0.15) is 22.0 Å². The minimum atomic E-state index is -1.48. The highest BCUT2D eigenvalue weighted by atomic mass is 35.5. The van der Waals surface area contributed by atoms with Crippen molar-refractivity contribution in [2.45, 2.75) is 6.10 Å². The van der Waals surface area contributed by atoms with E-state index in [1.165, 1.54) is 42.7 Å². The number of halogens is 3. The van der Waals surface area contributed by atoms with Gasteiger partial charge in [0.25, 0.3) is 0 Å². The van der Waals surface area contributed by atoms with Crippen LogP contribution in [0, 0.1) is 5.82 Å². The number of fused-ring (bicyclic) bond motifs is 1. The van der Waals surface area contributed by atoms with E-state index in [0.29, 0.717) is 15.8 Å². The molecule has 27 heavy (non-hydrogen) atoms. The molecular formula is C19H12Cl2FNO4. The molecule has 0 amide bonds. The second-order valence-electron chi connectivity index (χ2n) is 5.53. The van der Waals surface area contributed by atoms with E-state index in [0.717, 1.165) is 7.11 Å². The van der Waals surface area contributed by atoms with E-state index in [9.17, 15) is 14.0 Å². The van der Waals surface area contributed by atoms with E-state index in [2.05, 4.69) is 9.72 Å². The van der Waals surface area contributed by atoms with Crippen LogP contribution in [0.15, 0.2) is 48.8 Å². The summed E-state index contributed by atoms with van der Waals surface area (Å²) in [4.78, 5) is 28.6. The van der Waals surface area contributed by atoms with Crippen LogP contribution in [0.4, 0.5) is 4.39 Å². The Kier molecular flexibility index (Phi) is 5.58. The molecule has 0 aliphatic heterocycles. The molecule has 3 rings (SSSR count). The maximum Gasteiger partial charge on any atom is 0.352 e. The van der Waals surface area contributed by atoms with Crippen molar-refractivity contribution < 1.29 is 23.5 Å². The lowest BCUT2D eigenvalue weighted by Gasteiger charge is -2.17. The highest BCUT2D eigenvalue weighted by Crippen LogP contribution is 2.30. The summed E-state index contributed by atoms with van der Waals surface area (Å²) >= 11 is 11.9. The molecule has 1 aromatic heterocycles. The molecule has 0 aliphatic rings. The number of rotatable bonds is 4. The minimum Gasteiger partial charge on any atom is -0.466 e. The highest BCUT2D eigenvalue weighted by Gasteiger charge is 2.29. The van der Waals surface area contributed by atoms with Gasteiger partial charge in [0.1, 0.15) is 5.82 Å². The van der Waals surface area contributed by atoms with Gasteiger partial charge in [0.15, 0.2) is 0 Å². The topological polar surface area (TPSA) is 65.5 Å². The fraction of sp³-hybridized carbons (Fsp3) is 0.105. The maximum absolute atomic E-state index is 14.4.